The Kier molecular flexibility index (Phi) is 4.41. The second kappa shape index (κ2) is 4.57. The van der Waals surface area contributed by atoms with Gasteiger partial charge in [0, 0.05) is 0 Å². The normalized spacial score (nSPS) is 13.8. The fraction of sp³-hybridized carbons (Fsp3) is 0.750. The Balaban J connectivity index is 3.16. The molecule has 0 unspecified atom stereocenters. The molecule has 0 amide bonds. The minimum Gasteiger partial charge on any atom is -0.389 e. The van der Waals surface area contributed by atoms with Crippen LogP contribution in [-0.2, 0) is 0 Å². The van der Waals surface area contributed by atoms with Crippen molar-refractivity contribution >= 4 is 0 Å². The summed E-state index contributed by atoms with van der Waals surface area (Å²) in [5.41, 5.74) is 0. The van der Waals surface area contributed by atoms with Gasteiger partial charge < -0.3 is 5.11 Å². The van der Waals surface area contributed by atoms with E-state index in [1.165, 1.54) is 0 Å². The molecule has 0 heterocycles. The SMILES string of the molecule is C=C[C@@H](O)CCC(C)C. The van der Waals surface area contributed by atoms with Gasteiger partial charge in [-0.3, -0.25) is 0 Å². The average Bonchev–Trinajstić information content (AvgIpc) is 1.83. The zero-order chi connectivity index (χ0) is 7.28. The molecule has 0 radical (unpaired) electrons. The van der Waals surface area contributed by atoms with Crippen molar-refractivity contribution in [1.29, 1.82) is 0 Å². The minimum atomic E-state index is -0.299. The van der Waals surface area contributed by atoms with Gasteiger partial charge in [-0.15, -0.1) is 6.58 Å². The Morgan fingerprint density at radius 2 is 2.00 bits per heavy atom. The van der Waals surface area contributed by atoms with Gasteiger partial charge in [0.25, 0.3) is 0 Å². The van der Waals surface area contributed by atoms with E-state index in [1.54, 1.807) is 6.08 Å². The Morgan fingerprint density at radius 3 is 2.33 bits per heavy atom. The summed E-state index contributed by atoms with van der Waals surface area (Å²) < 4.78 is 0. The summed E-state index contributed by atoms with van der Waals surface area (Å²) in [5, 5.41) is 8.99. The van der Waals surface area contributed by atoms with Crippen LogP contribution in [0.2, 0.25) is 0 Å². The van der Waals surface area contributed by atoms with E-state index in [2.05, 4.69) is 20.4 Å². The molecule has 0 saturated carbocycles. The number of hydrogen-bond acceptors (Lipinski definition) is 1. The Bertz CT molecular complexity index is 76.6. The van der Waals surface area contributed by atoms with Crippen LogP contribution in [0, 0.1) is 5.92 Å². The largest absolute Gasteiger partial charge is 0.389 e. The molecule has 1 nitrogen and oxygen atoms in total. The third-order valence-corrected chi connectivity index (χ3v) is 1.31. The lowest BCUT2D eigenvalue weighted by atomic mass is 10.1. The summed E-state index contributed by atoms with van der Waals surface area (Å²) in [6.45, 7) is 7.79. The van der Waals surface area contributed by atoms with E-state index < -0.39 is 0 Å². The Hall–Kier alpha value is -0.300. The number of aliphatic hydroxyl groups excluding tert-OH is 1. The molecule has 9 heavy (non-hydrogen) atoms. The molecule has 1 N–H and O–H groups in total. The lowest BCUT2D eigenvalue weighted by Crippen LogP contribution is -2.02. The standard InChI is InChI=1S/C8H16O/c1-4-8(9)6-5-7(2)3/h4,7-9H,1,5-6H2,2-3H3/t8-/m1/s1. The highest BCUT2D eigenvalue weighted by Gasteiger charge is 1.98. The third kappa shape index (κ3) is 5.57. The predicted molar refractivity (Wildman–Crippen MR) is 40.3 cm³/mol. The summed E-state index contributed by atoms with van der Waals surface area (Å²) in [4.78, 5) is 0. The van der Waals surface area contributed by atoms with Crippen LogP contribution in [-0.4, -0.2) is 11.2 Å². The predicted octanol–water partition coefficient (Wildman–Crippen LogP) is 1.97. The molecule has 54 valence electrons. The molecular formula is C8H16O. The molecule has 1 heteroatoms. The van der Waals surface area contributed by atoms with Crippen LogP contribution in [0.5, 0.6) is 0 Å². The van der Waals surface area contributed by atoms with Crippen LogP contribution in [0.1, 0.15) is 26.7 Å². The first-order chi connectivity index (χ1) is 4.16. The first kappa shape index (κ1) is 8.70. The van der Waals surface area contributed by atoms with Crippen molar-refractivity contribution in [3.05, 3.63) is 12.7 Å². The molecule has 1 atom stereocenters. The highest BCUT2D eigenvalue weighted by Crippen LogP contribution is 2.06. The lowest BCUT2D eigenvalue weighted by Gasteiger charge is -2.06. The van der Waals surface area contributed by atoms with Crippen molar-refractivity contribution in [3.8, 4) is 0 Å². The zero-order valence-corrected chi connectivity index (χ0v) is 6.30. The molecule has 0 aliphatic carbocycles. The van der Waals surface area contributed by atoms with Crippen molar-refractivity contribution in [1.82, 2.24) is 0 Å². The number of rotatable bonds is 4. The maximum Gasteiger partial charge on any atom is 0.0718 e. The van der Waals surface area contributed by atoms with E-state index >= 15 is 0 Å². The van der Waals surface area contributed by atoms with Crippen LogP contribution in [0.3, 0.4) is 0 Å². The van der Waals surface area contributed by atoms with Crippen molar-refractivity contribution in [2.75, 3.05) is 0 Å². The molecule has 0 aromatic rings. The maximum absolute atomic E-state index is 8.99. The first-order valence-corrected chi connectivity index (χ1v) is 3.47. The van der Waals surface area contributed by atoms with Gasteiger partial charge in [0.15, 0.2) is 0 Å². The van der Waals surface area contributed by atoms with Crippen LogP contribution < -0.4 is 0 Å². The van der Waals surface area contributed by atoms with Crippen LogP contribution in [0.4, 0.5) is 0 Å². The number of hydrogen-bond donors (Lipinski definition) is 1. The van der Waals surface area contributed by atoms with Crippen molar-refractivity contribution in [2.24, 2.45) is 5.92 Å². The topological polar surface area (TPSA) is 20.2 Å². The summed E-state index contributed by atoms with van der Waals surface area (Å²) in [7, 11) is 0. The highest BCUT2D eigenvalue weighted by atomic mass is 16.3. The van der Waals surface area contributed by atoms with E-state index in [1.807, 2.05) is 0 Å². The molecule has 0 fully saturated rings. The molecule has 0 aromatic carbocycles. The molecule has 0 aliphatic rings. The Morgan fingerprint density at radius 1 is 1.44 bits per heavy atom. The molecule has 0 aliphatic heterocycles. The van der Waals surface area contributed by atoms with Gasteiger partial charge in [-0.05, 0) is 18.8 Å². The smallest absolute Gasteiger partial charge is 0.0718 e. The first-order valence-electron chi connectivity index (χ1n) is 3.47. The Labute approximate surface area is 57.4 Å². The highest BCUT2D eigenvalue weighted by molar-refractivity contribution is 4.77. The van der Waals surface area contributed by atoms with Crippen LogP contribution >= 0.6 is 0 Å². The van der Waals surface area contributed by atoms with Gasteiger partial charge in [-0.2, -0.15) is 0 Å². The molecule has 0 saturated heterocycles. The van der Waals surface area contributed by atoms with Gasteiger partial charge >= 0.3 is 0 Å². The molecular weight excluding hydrogens is 112 g/mol. The average molecular weight is 128 g/mol. The third-order valence-electron chi connectivity index (χ3n) is 1.31. The van der Waals surface area contributed by atoms with Crippen molar-refractivity contribution in [3.63, 3.8) is 0 Å². The van der Waals surface area contributed by atoms with Gasteiger partial charge in [0.2, 0.25) is 0 Å². The van der Waals surface area contributed by atoms with Crippen LogP contribution in [0.25, 0.3) is 0 Å². The minimum absolute atomic E-state index is 0.299. The van der Waals surface area contributed by atoms with E-state index in [0.717, 1.165) is 12.8 Å². The molecule has 0 aromatic heterocycles. The quantitative estimate of drug-likeness (QED) is 0.574. The second-order valence-electron chi connectivity index (χ2n) is 2.77. The summed E-state index contributed by atoms with van der Waals surface area (Å²) in [6.07, 6.45) is 3.21. The molecule has 0 bridgehead atoms. The zero-order valence-electron chi connectivity index (χ0n) is 6.30. The molecule has 0 rings (SSSR count). The second-order valence-corrected chi connectivity index (χ2v) is 2.77. The summed E-state index contributed by atoms with van der Waals surface area (Å²) in [5.74, 6) is 0.680. The van der Waals surface area contributed by atoms with E-state index in [0.29, 0.717) is 5.92 Å². The van der Waals surface area contributed by atoms with E-state index in [-0.39, 0.29) is 6.10 Å². The van der Waals surface area contributed by atoms with Crippen LogP contribution in [0.15, 0.2) is 12.7 Å². The fourth-order valence-corrected chi connectivity index (χ4v) is 0.622. The number of aliphatic hydroxyl groups is 1. The molecule has 0 spiro atoms. The van der Waals surface area contributed by atoms with E-state index in [9.17, 15) is 0 Å². The van der Waals surface area contributed by atoms with E-state index in [4.69, 9.17) is 5.11 Å². The maximum atomic E-state index is 8.99. The summed E-state index contributed by atoms with van der Waals surface area (Å²) in [6, 6.07) is 0. The van der Waals surface area contributed by atoms with Crippen molar-refractivity contribution in [2.45, 2.75) is 32.8 Å². The van der Waals surface area contributed by atoms with Gasteiger partial charge in [0.05, 0.1) is 6.10 Å². The van der Waals surface area contributed by atoms with Gasteiger partial charge in [-0.25, -0.2) is 0 Å². The lowest BCUT2D eigenvalue weighted by molar-refractivity contribution is 0.203. The van der Waals surface area contributed by atoms with Gasteiger partial charge in [0.1, 0.15) is 0 Å². The van der Waals surface area contributed by atoms with Gasteiger partial charge in [-0.1, -0.05) is 19.9 Å². The fourth-order valence-electron chi connectivity index (χ4n) is 0.622. The monoisotopic (exact) mass is 128 g/mol. The summed E-state index contributed by atoms with van der Waals surface area (Å²) >= 11 is 0. The van der Waals surface area contributed by atoms with Crippen molar-refractivity contribution < 1.29 is 5.11 Å².